The Labute approximate surface area is 94.0 Å². The van der Waals surface area contributed by atoms with Gasteiger partial charge in [0.1, 0.15) is 6.04 Å². The number of amides is 1. The van der Waals surface area contributed by atoms with Crippen LogP contribution in [0.15, 0.2) is 0 Å². The summed E-state index contributed by atoms with van der Waals surface area (Å²) in [6.07, 6.45) is 2.36. The Kier molecular flexibility index (Phi) is 4.94. The molecule has 1 fully saturated rings. The molecule has 1 heterocycles. The maximum atomic E-state index is 11.2. The SMILES string of the molecule is CCCN(C=O)C(C(=O)O)C1CCSC1. The molecule has 5 heteroatoms. The van der Waals surface area contributed by atoms with Gasteiger partial charge in [-0.15, -0.1) is 0 Å². The molecule has 1 aliphatic rings. The van der Waals surface area contributed by atoms with Crippen LogP contribution in [0, 0.1) is 5.92 Å². The topological polar surface area (TPSA) is 57.6 Å². The van der Waals surface area contributed by atoms with Crippen molar-refractivity contribution in [2.75, 3.05) is 18.1 Å². The van der Waals surface area contributed by atoms with Crippen molar-refractivity contribution in [1.29, 1.82) is 0 Å². The molecule has 4 nitrogen and oxygen atoms in total. The summed E-state index contributed by atoms with van der Waals surface area (Å²) in [5, 5.41) is 9.15. The minimum Gasteiger partial charge on any atom is -0.480 e. The molecule has 0 aliphatic carbocycles. The summed E-state index contributed by atoms with van der Waals surface area (Å²) in [6.45, 7) is 2.47. The lowest BCUT2D eigenvalue weighted by Gasteiger charge is -2.28. The van der Waals surface area contributed by atoms with Crippen LogP contribution in [0.5, 0.6) is 0 Å². The number of carbonyl (C=O) groups is 2. The number of carbonyl (C=O) groups excluding carboxylic acids is 1. The van der Waals surface area contributed by atoms with Gasteiger partial charge in [0.25, 0.3) is 0 Å². The van der Waals surface area contributed by atoms with E-state index in [1.165, 1.54) is 4.90 Å². The van der Waals surface area contributed by atoms with Crippen molar-refractivity contribution in [3.63, 3.8) is 0 Å². The van der Waals surface area contributed by atoms with Gasteiger partial charge in [0.15, 0.2) is 0 Å². The molecule has 0 radical (unpaired) electrons. The van der Waals surface area contributed by atoms with E-state index < -0.39 is 12.0 Å². The number of hydrogen-bond acceptors (Lipinski definition) is 3. The highest BCUT2D eigenvalue weighted by molar-refractivity contribution is 7.99. The second kappa shape index (κ2) is 6.00. The molecule has 0 bridgehead atoms. The molecule has 15 heavy (non-hydrogen) atoms. The van der Waals surface area contributed by atoms with Gasteiger partial charge < -0.3 is 10.0 Å². The second-order valence-electron chi connectivity index (χ2n) is 3.75. The first-order valence-electron chi connectivity index (χ1n) is 5.22. The highest BCUT2D eigenvalue weighted by Gasteiger charge is 2.34. The molecule has 0 saturated carbocycles. The van der Waals surface area contributed by atoms with Crippen LogP contribution in [0.25, 0.3) is 0 Å². The molecule has 0 aromatic rings. The fraction of sp³-hybridized carbons (Fsp3) is 0.800. The van der Waals surface area contributed by atoms with Crippen molar-refractivity contribution in [1.82, 2.24) is 4.90 Å². The van der Waals surface area contributed by atoms with E-state index in [9.17, 15) is 9.59 Å². The Morgan fingerprint density at radius 1 is 1.73 bits per heavy atom. The quantitative estimate of drug-likeness (QED) is 0.694. The van der Waals surface area contributed by atoms with Crippen molar-refractivity contribution in [2.24, 2.45) is 5.92 Å². The average Bonchev–Trinajstić information content (AvgIpc) is 2.69. The molecule has 2 atom stereocenters. The maximum Gasteiger partial charge on any atom is 0.326 e. The van der Waals surface area contributed by atoms with Crippen LogP contribution in [0.1, 0.15) is 19.8 Å². The van der Waals surface area contributed by atoms with E-state index in [1.54, 1.807) is 11.8 Å². The molecule has 1 amide bonds. The van der Waals surface area contributed by atoms with Crippen molar-refractivity contribution in [3.8, 4) is 0 Å². The van der Waals surface area contributed by atoms with Crippen LogP contribution in [0.3, 0.4) is 0 Å². The number of carboxylic acids is 1. The van der Waals surface area contributed by atoms with Crippen LogP contribution in [-0.2, 0) is 9.59 Å². The third-order valence-electron chi connectivity index (χ3n) is 2.64. The highest BCUT2D eigenvalue weighted by Crippen LogP contribution is 2.28. The first kappa shape index (κ1) is 12.4. The van der Waals surface area contributed by atoms with Crippen molar-refractivity contribution in [3.05, 3.63) is 0 Å². The number of rotatable bonds is 6. The first-order chi connectivity index (χ1) is 7.20. The van der Waals surface area contributed by atoms with Crippen LogP contribution in [-0.4, -0.2) is 46.5 Å². The number of hydrogen-bond donors (Lipinski definition) is 1. The Morgan fingerprint density at radius 3 is 2.87 bits per heavy atom. The summed E-state index contributed by atoms with van der Waals surface area (Å²) in [6, 6.07) is -0.627. The monoisotopic (exact) mass is 231 g/mol. The highest BCUT2D eigenvalue weighted by atomic mass is 32.2. The maximum absolute atomic E-state index is 11.2. The summed E-state index contributed by atoms with van der Waals surface area (Å²) < 4.78 is 0. The molecule has 0 spiro atoms. The van der Waals surface area contributed by atoms with E-state index in [1.807, 2.05) is 6.92 Å². The van der Waals surface area contributed by atoms with E-state index in [0.29, 0.717) is 13.0 Å². The Hall–Kier alpha value is -0.710. The van der Waals surface area contributed by atoms with Gasteiger partial charge in [-0.3, -0.25) is 4.79 Å². The van der Waals surface area contributed by atoms with Gasteiger partial charge in [-0.1, -0.05) is 6.92 Å². The summed E-state index contributed by atoms with van der Waals surface area (Å²) in [4.78, 5) is 23.4. The van der Waals surface area contributed by atoms with E-state index in [4.69, 9.17) is 5.11 Å². The smallest absolute Gasteiger partial charge is 0.326 e. The molecule has 1 saturated heterocycles. The molecule has 1 rings (SSSR count). The standard InChI is InChI=1S/C10H17NO3S/c1-2-4-11(7-12)9(10(13)14)8-3-5-15-6-8/h7-9H,2-6H2,1H3,(H,13,14). The van der Waals surface area contributed by atoms with Gasteiger partial charge >= 0.3 is 5.97 Å². The zero-order valence-electron chi connectivity index (χ0n) is 8.89. The normalized spacial score (nSPS) is 22.3. The molecule has 0 aromatic heterocycles. The van der Waals surface area contributed by atoms with E-state index >= 15 is 0 Å². The third kappa shape index (κ3) is 3.12. The molecular weight excluding hydrogens is 214 g/mol. The lowest BCUT2D eigenvalue weighted by molar-refractivity contribution is -0.148. The Bertz CT molecular complexity index is 229. The van der Waals surface area contributed by atoms with Gasteiger partial charge in [0.2, 0.25) is 6.41 Å². The Balaban J connectivity index is 2.69. The first-order valence-corrected chi connectivity index (χ1v) is 6.37. The summed E-state index contributed by atoms with van der Waals surface area (Å²) in [7, 11) is 0. The zero-order chi connectivity index (χ0) is 11.3. The predicted octanol–water partition coefficient (Wildman–Crippen LogP) is 1.06. The summed E-state index contributed by atoms with van der Waals surface area (Å²) in [5.41, 5.74) is 0. The predicted molar refractivity (Wildman–Crippen MR) is 59.9 cm³/mol. The molecule has 0 aromatic carbocycles. The fourth-order valence-corrected chi connectivity index (χ4v) is 3.22. The molecule has 1 N–H and O–H groups in total. The van der Waals surface area contributed by atoms with Crippen LogP contribution < -0.4 is 0 Å². The third-order valence-corrected chi connectivity index (χ3v) is 3.83. The van der Waals surface area contributed by atoms with E-state index in [0.717, 1.165) is 24.3 Å². The average molecular weight is 231 g/mol. The minimum absolute atomic E-state index is 0.115. The summed E-state index contributed by atoms with van der Waals surface area (Å²) in [5.74, 6) is 1.10. The number of nitrogens with zero attached hydrogens (tertiary/aromatic N) is 1. The van der Waals surface area contributed by atoms with Crippen LogP contribution >= 0.6 is 11.8 Å². The lowest BCUT2D eigenvalue weighted by atomic mass is 9.98. The van der Waals surface area contributed by atoms with Gasteiger partial charge in [0, 0.05) is 6.54 Å². The van der Waals surface area contributed by atoms with Crippen LogP contribution in [0.2, 0.25) is 0 Å². The van der Waals surface area contributed by atoms with Gasteiger partial charge in [-0.2, -0.15) is 11.8 Å². The molecule has 86 valence electrons. The van der Waals surface area contributed by atoms with Crippen molar-refractivity contribution in [2.45, 2.75) is 25.8 Å². The second-order valence-corrected chi connectivity index (χ2v) is 4.90. The van der Waals surface area contributed by atoms with E-state index in [-0.39, 0.29) is 5.92 Å². The number of aliphatic carboxylic acids is 1. The zero-order valence-corrected chi connectivity index (χ0v) is 9.70. The van der Waals surface area contributed by atoms with Crippen molar-refractivity contribution < 1.29 is 14.7 Å². The minimum atomic E-state index is -0.872. The van der Waals surface area contributed by atoms with Crippen molar-refractivity contribution >= 4 is 24.1 Å². The fourth-order valence-electron chi connectivity index (χ4n) is 1.93. The largest absolute Gasteiger partial charge is 0.480 e. The lowest BCUT2D eigenvalue weighted by Crippen LogP contribution is -2.46. The van der Waals surface area contributed by atoms with Gasteiger partial charge in [-0.25, -0.2) is 4.79 Å². The van der Waals surface area contributed by atoms with Crippen LogP contribution in [0.4, 0.5) is 0 Å². The number of thioether (sulfide) groups is 1. The molecular formula is C10H17NO3S. The number of carboxylic acid groups (broad SMARTS) is 1. The molecule has 2 unspecified atom stereocenters. The van der Waals surface area contributed by atoms with Gasteiger partial charge in [0.05, 0.1) is 0 Å². The van der Waals surface area contributed by atoms with E-state index in [2.05, 4.69) is 0 Å². The Morgan fingerprint density at radius 2 is 2.47 bits per heavy atom. The summed E-state index contributed by atoms with van der Waals surface area (Å²) >= 11 is 1.77. The molecule has 1 aliphatic heterocycles. The van der Waals surface area contributed by atoms with Gasteiger partial charge in [-0.05, 0) is 30.3 Å².